The molecule has 3 fully saturated rings. The van der Waals surface area contributed by atoms with Crippen LogP contribution < -0.4 is 5.32 Å². The second kappa shape index (κ2) is 14.2. The van der Waals surface area contributed by atoms with Gasteiger partial charge < -0.3 is 24.4 Å². The van der Waals surface area contributed by atoms with Crippen LogP contribution in [-0.2, 0) is 23.8 Å². The van der Waals surface area contributed by atoms with Crippen LogP contribution in [0.3, 0.4) is 0 Å². The molecule has 8 nitrogen and oxygen atoms in total. The molecule has 2 aliphatic heterocycles. The number of carbonyl (C=O) groups excluding carboxylic acids is 3. The maximum absolute atomic E-state index is 12.8. The minimum absolute atomic E-state index is 0. The third kappa shape index (κ3) is 7.94. The normalized spacial score (nSPS) is 25.2. The van der Waals surface area contributed by atoms with Crippen molar-refractivity contribution in [2.24, 2.45) is 5.92 Å². The minimum Gasteiger partial charge on any atom is -0.436 e. The molecule has 1 aliphatic carbocycles. The van der Waals surface area contributed by atoms with Gasteiger partial charge in [-0.15, -0.1) is 0 Å². The highest BCUT2D eigenvalue weighted by atomic mass is 32.1. The molecule has 30 heavy (non-hydrogen) atoms. The van der Waals surface area contributed by atoms with E-state index in [4.69, 9.17) is 14.2 Å². The molecule has 10 heteroatoms. The van der Waals surface area contributed by atoms with Crippen LogP contribution in [0.15, 0.2) is 0 Å². The maximum atomic E-state index is 12.8. The summed E-state index contributed by atoms with van der Waals surface area (Å²) >= 11 is 0. The van der Waals surface area contributed by atoms with E-state index in [1.54, 1.807) is 11.8 Å². The van der Waals surface area contributed by atoms with Crippen molar-refractivity contribution in [1.29, 1.82) is 0 Å². The Balaban J connectivity index is 0.00000280. The number of ether oxygens (including phenoxy) is 3. The van der Waals surface area contributed by atoms with Crippen molar-refractivity contribution in [1.82, 2.24) is 10.2 Å². The highest BCUT2D eigenvalue weighted by Gasteiger charge is 2.37. The number of nitrogens with zero attached hydrogens (tertiary/aromatic N) is 1. The summed E-state index contributed by atoms with van der Waals surface area (Å²) in [6, 6.07) is -0.673. The molecule has 3 atom stereocenters. The number of hydrogen-bond acceptors (Lipinski definition) is 6. The summed E-state index contributed by atoms with van der Waals surface area (Å²) in [6.45, 7) is 3.63. The molecule has 0 aromatic rings. The van der Waals surface area contributed by atoms with Gasteiger partial charge in [0.05, 0.1) is 19.3 Å². The van der Waals surface area contributed by atoms with Gasteiger partial charge in [0.1, 0.15) is 12.6 Å². The van der Waals surface area contributed by atoms with Crippen LogP contribution in [0.1, 0.15) is 52.9 Å². The number of morpholine rings is 1. The van der Waals surface area contributed by atoms with Gasteiger partial charge in [-0.1, -0.05) is 39.5 Å². The standard InChI is InChI=1S/C19H30N2O6.CH4.2H2S/c1-13-17(15(22)12-26-13)20-18(23)16(11-14-5-3-2-4-6-14)27-19(24)21-7-9-25-10-8-21;;;/h13-14,16-17H,2-12H2,1H3,(H,20,23);1H4;2*1H2/t13-,16+,17+;;;/m1.../s1. The summed E-state index contributed by atoms with van der Waals surface area (Å²) in [4.78, 5) is 38.8. The van der Waals surface area contributed by atoms with Gasteiger partial charge in [-0.2, -0.15) is 27.0 Å². The number of nitrogens with one attached hydrogen (secondary N) is 1. The predicted octanol–water partition coefficient (Wildman–Crippen LogP) is 2.13. The van der Waals surface area contributed by atoms with E-state index in [1.165, 1.54) is 6.42 Å². The topological polar surface area (TPSA) is 94.2 Å². The highest BCUT2D eigenvalue weighted by Crippen LogP contribution is 2.28. The molecule has 1 saturated carbocycles. The van der Waals surface area contributed by atoms with E-state index in [0.717, 1.165) is 25.7 Å². The van der Waals surface area contributed by atoms with E-state index in [1.807, 2.05) is 0 Å². The lowest BCUT2D eigenvalue weighted by Crippen LogP contribution is -2.51. The molecule has 3 rings (SSSR count). The molecule has 0 radical (unpaired) electrons. The lowest BCUT2D eigenvalue weighted by Gasteiger charge is -2.30. The molecular weight excluding hydrogens is 428 g/mol. The first-order chi connectivity index (χ1) is 13.0. The summed E-state index contributed by atoms with van der Waals surface area (Å²) < 4.78 is 16.1. The Bertz CT molecular complexity index is 553. The number of Topliss-reactive ketones (excluding diaryl/α,β-unsaturated/α-hetero) is 1. The first-order valence-corrected chi connectivity index (χ1v) is 10.0. The van der Waals surface area contributed by atoms with Crippen LogP contribution in [0.4, 0.5) is 4.79 Å². The fourth-order valence-corrected chi connectivity index (χ4v) is 3.98. The van der Waals surface area contributed by atoms with Gasteiger partial charge in [0, 0.05) is 13.1 Å². The van der Waals surface area contributed by atoms with Crippen LogP contribution >= 0.6 is 27.0 Å². The largest absolute Gasteiger partial charge is 0.436 e. The van der Waals surface area contributed by atoms with Crippen LogP contribution in [0.25, 0.3) is 0 Å². The molecule has 1 N–H and O–H groups in total. The Kier molecular flexibility index (Phi) is 13.7. The van der Waals surface area contributed by atoms with Crippen molar-refractivity contribution < 1.29 is 28.6 Å². The zero-order chi connectivity index (χ0) is 19.2. The average molecular weight is 467 g/mol. The molecule has 2 heterocycles. The average Bonchev–Trinajstić information content (AvgIpc) is 3.01. The zero-order valence-corrected chi connectivity index (χ0v) is 19.0. The third-order valence-electron chi connectivity index (χ3n) is 5.68. The third-order valence-corrected chi connectivity index (χ3v) is 5.68. The maximum Gasteiger partial charge on any atom is 0.410 e. The van der Waals surface area contributed by atoms with Gasteiger partial charge in [-0.05, 0) is 19.3 Å². The molecule has 0 bridgehead atoms. The van der Waals surface area contributed by atoms with E-state index in [2.05, 4.69) is 5.32 Å². The summed E-state index contributed by atoms with van der Waals surface area (Å²) in [5.74, 6) is -0.190. The first-order valence-electron chi connectivity index (χ1n) is 10.0. The van der Waals surface area contributed by atoms with Gasteiger partial charge in [0.2, 0.25) is 0 Å². The second-order valence-corrected chi connectivity index (χ2v) is 7.68. The molecule has 2 amide bonds. The number of ketones is 1. The smallest absolute Gasteiger partial charge is 0.410 e. The number of carbonyl (C=O) groups is 3. The van der Waals surface area contributed by atoms with E-state index in [-0.39, 0.29) is 52.9 Å². The van der Waals surface area contributed by atoms with E-state index >= 15 is 0 Å². The molecule has 176 valence electrons. The summed E-state index contributed by atoms with van der Waals surface area (Å²) in [5, 5.41) is 2.74. The zero-order valence-electron chi connectivity index (χ0n) is 17.0. The highest BCUT2D eigenvalue weighted by molar-refractivity contribution is 7.59. The van der Waals surface area contributed by atoms with Crippen molar-refractivity contribution in [2.45, 2.75) is 71.1 Å². The van der Waals surface area contributed by atoms with Crippen LogP contribution in [-0.4, -0.2) is 73.8 Å². The molecule has 0 spiro atoms. The summed E-state index contributed by atoms with van der Waals surface area (Å²) in [6.07, 6.45) is 4.34. The Morgan fingerprint density at radius 2 is 1.80 bits per heavy atom. The second-order valence-electron chi connectivity index (χ2n) is 7.68. The van der Waals surface area contributed by atoms with Gasteiger partial charge in [0.15, 0.2) is 11.9 Å². The van der Waals surface area contributed by atoms with E-state index in [9.17, 15) is 14.4 Å². The van der Waals surface area contributed by atoms with E-state index < -0.39 is 24.1 Å². The quantitative estimate of drug-likeness (QED) is 0.667. The predicted molar refractivity (Wildman–Crippen MR) is 124 cm³/mol. The fraction of sp³-hybridized carbons (Fsp3) is 0.850. The molecule has 0 aromatic carbocycles. The van der Waals surface area contributed by atoms with Crippen LogP contribution in [0.5, 0.6) is 0 Å². The lowest BCUT2D eigenvalue weighted by molar-refractivity contribution is -0.134. The Labute approximate surface area is 193 Å². The Morgan fingerprint density at radius 3 is 2.37 bits per heavy atom. The van der Waals surface area contributed by atoms with Crippen molar-refractivity contribution in [3.05, 3.63) is 0 Å². The van der Waals surface area contributed by atoms with Crippen molar-refractivity contribution in [3.8, 4) is 0 Å². The first kappa shape index (κ1) is 29.0. The molecule has 3 aliphatic rings. The number of rotatable bonds is 5. The Hall–Kier alpha value is -0.970. The number of amides is 2. The SMILES string of the molecule is C.C[C@H]1OCC(=O)[C@H]1NC(=O)[C@H](CC1CCCCC1)OC(=O)N1CCOCC1.S.S. The molecule has 0 aromatic heterocycles. The van der Waals surface area contributed by atoms with Gasteiger partial charge in [-0.25, -0.2) is 4.79 Å². The lowest BCUT2D eigenvalue weighted by atomic mass is 9.85. The molecular formula is C20H38N2O6S2. The number of hydrogen-bond donors (Lipinski definition) is 1. The van der Waals surface area contributed by atoms with Crippen molar-refractivity contribution >= 4 is 44.8 Å². The molecule has 2 saturated heterocycles. The van der Waals surface area contributed by atoms with Crippen molar-refractivity contribution in [3.63, 3.8) is 0 Å². The van der Waals surface area contributed by atoms with Gasteiger partial charge in [-0.3, -0.25) is 9.59 Å². The van der Waals surface area contributed by atoms with Crippen LogP contribution in [0, 0.1) is 5.92 Å². The minimum atomic E-state index is -0.885. The fourth-order valence-electron chi connectivity index (χ4n) is 3.98. The summed E-state index contributed by atoms with van der Waals surface area (Å²) in [7, 11) is 0. The Morgan fingerprint density at radius 1 is 1.17 bits per heavy atom. The van der Waals surface area contributed by atoms with E-state index in [0.29, 0.717) is 38.6 Å². The van der Waals surface area contributed by atoms with Crippen molar-refractivity contribution in [2.75, 3.05) is 32.9 Å². The molecule has 0 unspecified atom stereocenters. The van der Waals surface area contributed by atoms with Gasteiger partial charge in [0.25, 0.3) is 5.91 Å². The van der Waals surface area contributed by atoms with Crippen LogP contribution in [0.2, 0.25) is 0 Å². The summed E-state index contributed by atoms with van der Waals surface area (Å²) in [5.41, 5.74) is 0. The van der Waals surface area contributed by atoms with Gasteiger partial charge >= 0.3 is 6.09 Å². The monoisotopic (exact) mass is 466 g/mol.